The molecule has 1 N–H and O–H groups in total. The van der Waals surface area contributed by atoms with E-state index in [2.05, 4.69) is 15.5 Å². The molecule has 72 valence electrons. The van der Waals surface area contributed by atoms with Crippen molar-refractivity contribution in [3.05, 3.63) is 22.5 Å². The summed E-state index contributed by atoms with van der Waals surface area (Å²) in [5.74, 6) is 0.885. The van der Waals surface area contributed by atoms with Crippen LogP contribution >= 0.6 is 11.3 Å². The third-order valence-electron chi connectivity index (χ3n) is 2.31. The second kappa shape index (κ2) is 2.90. The molecule has 0 aromatic carbocycles. The fourth-order valence-electron chi connectivity index (χ4n) is 1.63. The first-order valence-electron chi connectivity index (χ1n) is 4.45. The van der Waals surface area contributed by atoms with E-state index in [9.17, 15) is 0 Å². The van der Waals surface area contributed by atoms with Gasteiger partial charge in [0.1, 0.15) is 5.69 Å². The lowest BCUT2D eigenvalue weighted by atomic mass is 10.2. The third-order valence-corrected chi connectivity index (χ3v) is 3.22. The average molecular weight is 207 g/mol. The Bertz CT molecular complexity index is 474. The van der Waals surface area contributed by atoms with Gasteiger partial charge in [0.15, 0.2) is 5.76 Å². The molecule has 4 nitrogen and oxygen atoms in total. The van der Waals surface area contributed by atoms with Gasteiger partial charge in [0, 0.05) is 24.8 Å². The Labute approximate surface area is 85.0 Å². The molecule has 14 heavy (non-hydrogen) atoms. The first-order valence-corrected chi connectivity index (χ1v) is 5.27. The van der Waals surface area contributed by atoms with Gasteiger partial charge in [-0.1, -0.05) is 5.16 Å². The van der Waals surface area contributed by atoms with E-state index in [1.807, 2.05) is 13.1 Å². The fraction of sp³-hybridized carbons (Fsp3) is 0.333. The van der Waals surface area contributed by atoms with Gasteiger partial charge >= 0.3 is 0 Å². The SMILES string of the molecule is Cc1ncc(-c2onc3c2CNC3)s1. The maximum absolute atomic E-state index is 5.32. The van der Waals surface area contributed by atoms with Crippen LogP contribution < -0.4 is 5.32 Å². The van der Waals surface area contributed by atoms with Crippen molar-refractivity contribution < 1.29 is 4.52 Å². The van der Waals surface area contributed by atoms with E-state index in [0.717, 1.165) is 34.4 Å². The molecule has 0 aliphatic carbocycles. The number of nitrogens with zero attached hydrogens (tertiary/aromatic N) is 2. The van der Waals surface area contributed by atoms with Crippen LogP contribution in [0.5, 0.6) is 0 Å². The van der Waals surface area contributed by atoms with Gasteiger partial charge in [0.2, 0.25) is 0 Å². The van der Waals surface area contributed by atoms with Gasteiger partial charge in [-0.15, -0.1) is 11.3 Å². The van der Waals surface area contributed by atoms with Gasteiger partial charge in [-0.25, -0.2) is 4.98 Å². The lowest BCUT2D eigenvalue weighted by Gasteiger charge is -1.91. The number of aryl methyl sites for hydroxylation is 1. The molecule has 2 aromatic heterocycles. The summed E-state index contributed by atoms with van der Waals surface area (Å²) >= 11 is 1.64. The third kappa shape index (κ3) is 1.09. The summed E-state index contributed by atoms with van der Waals surface area (Å²) in [6.45, 7) is 3.66. The van der Waals surface area contributed by atoms with Gasteiger partial charge in [0.05, 0.1) is 9.88 Å². The highest BCUT2D eigenvalue weighted by Gasteiger charge is 2.22. The molecule has 0 radical (unpaired) electrons. The van der Waals surface area contributed by atoms with E-state index in [0.29, 0.717) is 0 Å². The van der Waals surface area contributed by atoms with Crippen LogP contribution in [0, 0.1) is 6.92 Å². The normalized spacial score (nSPS) is 14.6. The van der Waals surface area contributed by atoms with Crippen LogP contribution in [-0.4, -0.2) is 10.1 Å². The number of hydrogen-bond acceptors (Lipinski definition) is 5. The van der Waals surface area contributed by atoms with Crippen LogP contribution in [0.1, 0.15) is 16.3 Å². The van der Waals surface area contributed by atoms with Gasteiger partial charge in [-0.3, -0.25) is 0 Å². The Morgan fingerprint density at radius 1 is 1.50 bits per heavy atom. The zero-order valence-electron chi connectivity index (χ0n) is 7.70. The van der Waals surface area contributed by atoms with Crippen molar-refractivity contribution in [2.75, 3.05) is 0 Å². The number of aromatic nitrogens is 2. The standard InChI is InChI=1S/C9H9N3OS/c1-5-11-4-8(14-5)9-6-2-10-3-7(6)12-13-9/h4,10H,2-3H2,1H3. The topological polar surface area (TPSA) is 51.0 Å². The Balaban J connectivity index is 2.12. The van der Waals surface area contributed by atoms with Crippen LogP contribution in [0.4, 0.5) is 0 Å². The van der Waals surface area contributed by atoms with Gasteiger partial charge in [-0.2, -0.15) is 0 Å². The highest BCUT2D eigenvalue weighted by atomic mass is 32.1. The van der Waals surface area contributed by atoms with Gasteiger partial charge in [0.25, 0.3) is 0 Å². The highest BCUT2D eigenvalue weighted by Crippen LogP contribution is 2.32. The maximum Gasteiger partial charge on any atom is 0.183 e. The minimum Gasteiger partial charge on any atom is -0.355 e. The van der Waals surface area contributed by atoms with E-state index in [1.165, 1.54) is 5.56 Å². The van der Waals surface area contributed by atoms with E-state index in [-0.39, 0.29) is 0 Å². The van der Waals surface area contributed by atoms with E-state index >= 15 is 0 Å². The molecule has 0 saturated heterocycles. The minimum absolute atomic E-state index is 0.816. The molecular formula is C9H9N3OS. The van der Waals surface area contributed by atoms with Crippen LogP contribution in [0.25, 0.3) is 10.6 Å². The van der Waals surface area contributed by atoms with Crippen molar-refractivity contribution >= 4 is 11.3 Å². The van der Waals surface area contributed by atoms with E-state index in [1.54, 1.807) is 11.3 Å². The van der Waals surface area contributed by atoms with Crippen molar-refractivity contribution in [2.45, 2.75) is 20.0 Å². The van der Waals surface area contributed by atoms with Gasteiger partial charge in [-0.05, 0) is 6.92 Å². The molecule has 3 heterocycles. The second-order valence-electron chi connectivity index (χ2n) is 3.28. The summed E-state index contributed by atoms with van der Waals surface area (Å²) in [5, 5.41) is 8.32. The van der Waals surface area contributed by atoms with E-state index < -0.39 is 0 Å². The van der Waals surface area contributed by atoms with E-state index in [4.69, 9.17) is 4.52 Å². The monoisotopic (exact) mass is 207 g/mol. The van der Waals surface area contributed by atoms with Crippen LogP contribution in [0.3, 0.4) is 0 Å². The molecule has 0 amide bonds. The van der Waals surface area contributed by atoms with Crippen molar-refractivity contribution in [1.82, 2.24) is 15.5 Å². The zero-order valence-corrected chi connectivity index (χ0v) is 8.52. The fourth-order valence-corrected chi connectivity index (χ4v) is 2.41. The minimum atomic E-state index is 0.816. The Kier molecular flexibility index (Phi) is 1.68. The predicted octanol–water partition coefficient (Wildman–Crippen LogP) is 1.71. The molecule has 0 atom stereocenters. The Hall–Kier alpha value is -1.20. The lowest BCUT2D eigenvalue weighted by Crippen LogP contribution is -2.01. The Morgan fingerprint density at radius 3 is 3.21 bits per heavy atom. The summed E-state index contributed by atoms with van der Waals surface area (Å²) in [4.78, 5) is 5.28. The molecule has 1 aliphatic heterocycles. The largest absolute Gasteiger partial charge is 0.355 e. The quantitative estimate of drug-likeness (QED) is 0.773. The average Bonchev–Trinajstić information content (AvgIpc) is 2.77. The van der Waals surface area contributed by atoms with Gasteiger partial charge < -0.3 is 9.84 Å². The molecule has 0 fully saturated rings. The predicted molar refractivity (Wildman–Crippen MR) is 52.9 cm³/mol. The molecule has 3 rings (SSSR count). The van der Waals surface area contributed by atoms with Crippen LogP contribution in [0.2, 0.25) is 0 Å². The number of rotatable bonds is 1. The molecule has 0 unspecified atom stereocenters. The molecule has 1 aliphatic rings. The molecular weight excluding hydrogens is 198 g/mol. The molecule has 0 spiro atoms. The number of thiazole rings is 1. The summed E-state index contributed by atoms with van der Waals surface area (Å²) in [5.41, 5.74) is 2.22. The first-order chi connectivity index (χ1) is 6.84. The summed E-state index contributed by atoms with van der Waals surface area (Å²) < 4.78 is 5.32. The summed E-state index contributed by atoms with van der Waals surface area (Å²) in [6, 6.07) is 0. The second-order valence-corrected chi connectivity index (χ2v) is 4.52. The smallest absolute Gasteiger partial charge is 0.183 e. The first kappa shape index (κ1) is 8.14. The molecule has 0 saturated carbocycles. The lowest BCUT2D eigenvalue weighted by molar-refractivity contribution is 0.418. The summed E-state index contributed by atoms with van der Waals surface area (Å²) in [6.07, 6.45) is 1.85. The maximum atomic E-state index is 5.32. The van der Waals surface area contributed by atoms with Crippen molar-refractivity contribution in [2.24, 2.45) is 0 Å². The van der Waals surface area contributed by atoms with Crippen LogP contribution in [0.15, 0.2) is 10.7 Å². The number of fused-ring (bicyclic) bond motifs is 1. The van der Waals surface area contributed by atoms with Crippen molar-refractivity contribution in [1.29, 1.82) is 0 Å². The molecule has 2 aromatic rings. The molecule has 5 heteroatoms. The van der Waals surface area contributed by atoms with Crippen molar-refractivity contribution in [3.8, 4) is 10.6 Å². The summed E-state index contributed by atoms with van der Waals surface area (Å²) in [7, 11) is 0. The number of nitrogens with one attached hydrogen (secondary N) is 1. The number of hydrogen-bond donors (Lipinski definition) is 1. The zero-order chi connectivity index (χ0) is 9.54. The van der Waals surface area contributed by atoms with Crippen LogP contribution in [-0.2, 0) is 13.1 Å². The molecule has 0 bridgehead atoms. The highest BCUT2D eigenvalue weighted by molar-refractivity contribution is 7.15. The Morgan fingerprint density at radius 2 is 2.43 bits per heavy atom. The van der Waals surface area contributed by atoms with Crippen molar-refractivity contribution in [3.63, 3.8) is 0 Å².